The Morgan fingerprint density at radius 3 is 2.34 bits per heavy atom. The highest BCUT2D eigenvalue weighted by molar-refractivity contribution is 6.34. The molecule has 3 nitrogen and oxygen atoms in total. The van der Waals surface area contributed by atoms with E-state index in [1.54, 1.807) is 17.0 Å². The summed E-state index contributed by atoms with van der Waals surface area (Å²) in [6.45, 7) is 0. The first-order chi connectivity index (χ1) is 14.1. The number of anilines is 2. The molecule has 1 unspecified atom stereocenters. The van der Waals surface area contributed by atoms with Gasteiger partial charge in [-0.2, -0.15) is 0 Å². The molecule has 0 saturated heterocycles. The van der Waals surface area contributed by atoms with Gasteiger partial charge in [0.15, 0.2) is 0 Å². The zero-order valence-electron chi connectivity index (χ0n) is 16.0. The lowest BCUT2D eigenvalue weighted by Crippen LogP contribution is -2.48. The third kappa shape index (κ3) is 2.99. The fourth-order valence-corrected chi connectivity index (χ4v) is 4.50. The van der Waals surface area contributed by atoms with Crippen molar-refractivity contribution >= 4 is 28.9 Å². The molecule has 0 aromatic heterocycles. The van der Waals surface area contributed by atoms with Crippen LogP contribution in [0.1, 0.15) is 46.4 Å². The van der Waals surface area contributed by atoms with Gasteiger partial charge in [0.2, 0.25) is 0 Å². The Balaban J connectivity index is 1.75. The Kier molecular flexibility index (Phi) is 4.32. The Hall–Kier alpha value is -2.85. The first-order valence-electron chi connectivity index (χ1n) is 9.75. The van der Waals surface area contributed by atoms with Crippen LogP contribution in [0.25, 0.3) is 0 Å². The van der Waals surface area contributed by atoms with E-state index in [0.717, 1.165) is 29.7 Å². The third-order valence-corrected chi connectivity index (χ3v) is 6.12. The molecule has 5 rings (SSSR count). The highest BCUT2D eigenvalue weighted by Crippen LogP contribution is 2.48. The van der Waals surface area contributed by atoms with Gasteiger partial charge in [-0.05, 0) is 66.3 Å². The summed E-state index contributed by atoms with van der Waals surface area (Å²) in [7, 11) is 1.97. The summed E-state index contributed by atoms with van der Waals surface area (Å²) in [5.41, 5.74) is 4.06. The first-order valence-corrected chi connectivity index (χ1v) is 10.1. The number of carbonyl (C=O) groups excluding carboxylic acids is 1. The van der Waals surface area contributed by atoms with Gasteiger partial charge in [0, 0.05) is 7.05 Å². The van der Waals surface area contributed by atoms with Crippen molar-refractivity contribution in [2.75, 3.05) is 16.8 Å². The quantitative estimate of drug-likeness (QED) is 0.520. The Bertz CT molecular complexity index is 1110. The molecule has 1 saturated carbocycles. The van der Waals surface area contributed by atoms with Crippen LogP contribution in [0.2, 0.25) is 5.02 Å². The molecule has 1 heterocycles. The number of hydrogen-bond donors (Lipinski definition) is 0. The normalized spacial score (nSPS) is 18.7. The molecule has 3 aromatic carbocycles. The van der Waals surface area contributed by atoms with Crippen LogP contribution in [0.15, 0.2) is 66.7 Å². The minimum absolute atomic E-state index is 0.108. The molecule has 3 aromatic rings. The monoisotopic (exact) mass is 406 g/mol. The van der Waals surface area contributed by atoms with E-state index in [1.807, 2.05) is 55.6 Å². The van der Waals surface area contributed by atoms with Gasteiger partial charge in [0.25, 0.3) is 5.91 Å². The third-order valence-electron chi connectivity index (χ3n) is 5.80. The van der Waals surface area contributed by atoms with Crippen LogP contribution in [0, 0.1) is 5.82 Å². The van der Waals surface area contributed by atoms with Gasteiger partial charge < -0.3 is 4.90 Å². The molecule has 1 fully saturated rings. The lowest BCUT2D eigenvalue weighted by atomic mass is 9.95. The average Bonchev–Trinajstić information content (AvgIpc) is 3.57. The molecular formula is C24H20ClFN2O. The van der Waals surface area contributed by atoms with E-state index in [-0.39, 0.29) is 11.7 Å². The van der Waals surface area contributed by atoms with E-state index in [1.165, 1.54) is 6.07 Å². The van der Waals surface area contributed by atoms with Crippen molar-refractivity contribution in [1.82, 2.24) is 0 Å². The van der Waals surface area contributed by atoms with E-state index in [0.29, 0.717) is 22.2 Å². The molecule has 29 heavy (non-hydrogen) atoms. The Labute approximate surface area is 174 Å². The fraction of sp³-hybridized carbons (Fsp3) is 0.208. The minimum Gasteiger partial charge on any atom is -0.349 e. The second kappa shape index (κ2) is 6.89. The number of hydrogen-bond acceptors (Lipinski definition) is 2. The summed E-state index contributed by atoms with van der Waals surface area (Å²) in [6, 6.07) is 19.9. The van der Waals surface area contributed by atoms with Gasteiger partial charge in [0.05, 0.1) is 22.0 Å². The first kappa shape index (κ1) is 18.2. The number of carbonyl (C=O) groups is 1. The summed E-state index contributed by atoms with van der Waals surface area (Å²) >= 11 is 6.52. The summed E-state index contributed by atoms with van der Waals surface area (Å²) in [6.07, 6.45) is 1.68. The molecule has 0 radical (unpaired) electrons. The van der Waals surface area contributed by atoms with Crippen LogP contribution < -0.4 is 9.80 Å². The molecule has 146 valence electrons. The number of benzene rings is 3. The lowest BCUT2D eigenvalue weighted by Gasteiger charge is -2.45. The van der Waals surface area contributed by atoms with Crippen LogP contribution in [0.4, 0.5) is 15.8 Å². The van der Waals surface area contributed by atoms with E-state index in [9.17, 15) is 9.18 Å². The smallest absolute Gasteiger partial charge is 0.262 e. The molecule has 1 aliphatic carbocycles. The van der Waals surface area contributed by atoms with Gasteiger partial charge in [-0.3, -0.25) is 9.69 Å². The SMILES string of the molecule is CN1c2ccccc2C(=O)N(c2ccccc2Cl)C1c1ccc(F)cc1C1CC1. The number of para-hydroxylation sites is 2. The van der Waals surface area contributed by atoms with E-state index < -0.39 is 6.17 Å². The Morgan fingerprint density at radius 1 is 0.931 bits per heavy atom. The van der Waals surface area contributed by atoms with Crippen molar-refractivity contribution in [3.05, 3.63) is 94.3 Å². The largest absolute Gasteiger partial charge is 0.349 e. The minimum atomic E-state index is -0.409. The second-order valence-corrected chi connectivity index (χ2v) is 8.08. The van der Waals surface area contributed by atoms with Crippen LogP contribution in [-0.4, -0.2) is 13.0 Å². The van der Waals surface area contributed by atoms with Gasteiger partial charge in [-0.15, -0.1) is 0 Å². The van der Waals surface area contributed by atoms with Crippen molar-refractivity contribution in [3.63, 3.8) is 0 Å². The molecule has 0 bridgehead atoms. The highest BCUT2D eigenvalue weighted by atomic mass is 35.5. The summed E-state index contributed by atoms with van der Waals surface area (Å²) in [4.78, 5) is 17.5. The number of amides is 1. The zero-order chi connectivity index (χ0) is 20.1. The predicted molar refractivity (Wildman–Crippen MR) is 114 cm³/mol. The van der Waals surface area contributed by atoms with Crippen LogP contribution >= 0.6 is 11.6 Å². The van der Waals surface area contributed by atoms with Gasteiger partial charge >= 0.3 is 0 Å². The number of nitrogens with zero attached hydrogens (tertiary/aromatic N) is 2. The highest BCUT2D eigenvalue weighted by Gasteiger charge is 2.41. The maximum Gasteiger partial charge on any atom is 0.262 e. The number of rotatable bonds is 3. The Morgan fingerprint density at radius 2 is 1.62 bits per heavy atom. The maximum absolute atomic E-state index is 14.1. The predicted octanol–water partition coefficient (Wildman–Crippen LogP) is 6.15. The van der Waals surface area contributed by atoms with Crippen molar-refractivity contribution in [3.8, 4) is 0 Å². The summed E-state index contributed by atoms with van der Waals surface area (Å²) < 4.78 is 14.1. The summed E-state index contributed by atoms with van der Waals surface area (Å²) in [5.74, 6) is -0.0116. The lowest BCUT2D eigenvalue weighted by molar-refractivity contribution is 0.0969. The number of halogens is 2. The van der Waals surface area contributed by atoms with E-state index in [4.69, 9.17) is 11.6 Å². The van der Waals surface area contributed by atoms with Crippen molar-refractivity contribution in [2.24, 2.45) is 0 Å². The molecule has 0 spiro atoms. The fourth-order valence-electron chi connectivity index (χ4n) is 4.27. The van der Waals surface area contributed by atoms with Gasteiger partial charge in [-0.25, -0.2) is 4.39 Å². The molecule has 1 atom stereocenters. The van der Waals surface area contributed by atoms with Crippen LogP contribution in [-0.2, 0) is 0 Å². The maximum atomic E-state index is 14.1. The molecule has 1 amide bonds. The standard InChI is InChI=1S/C24H20ClFN2O/c1-27-21-8-4-2-6-18(21)24(29)28(22-9-5-3-7-20(22)25)23(27)17-13-12-16(26)14-19(17)15-10-11-15/h2-9,12-15,23H,10-11H2,1H3. The molecular weight excluding hydrogens is 387 g/mol. The van der Waals surface area contributed by atoms with Crippen LogP contribution in [0.5, 0.6) is 0 Å². The topological polar surface area (TPSA) is 23.6 Å². The van der Waals surface area contributed by atoms with Gasteiger partial charge in [0.1, 0.15) is 12.0 Å². The van der Waals surface area contributed by atoms with Crippen molar-refractivity contribution in [1.29, 1.82) is 0 Å². The van der Waals surface area contributed by atoms with Gasteiger partial charge in [-0.1, -0.05) is 41.9 Å². The van der Waals surface area contributed by atoms with Crippen molar-refractivity contribution < 1.29 is 9.18 Å². The number of fused-ring (bicyclic) bond motifs is 1. The van der Waals surface area contributed by atoms with E-state index >= 15 is 0 Å². The molecule has 5 heteroatoms. The van der Waals surface area contributed by atoms with E-state index in [2.05, 4.69) is 4.90 Å². The molecule has 0 N–H and O–H groups in total. The van der Waals surface area contributed by atoms with Crippen molar-refractivity contribution in [2.45, 2.75) is 24.9 Å². The summed E-state index contributed by atoms with van der Waals surface area (Å²) in [5, 5.41) is 0.508. The average molecular weight is 407 g/mol. The molecule has 1 aliphatic heterocycles. The molecule has 2 aliphatic rings. The van der Waals surface area contributed by atoms with Crippen LogP contribution in [0.3, 0.4) is 0 Å². The second-order valence-electron chi connectivity index (χ2n) is 7.68. The zero-order valence-corrected chi connectivity index (χ0v) is 16.7.